The van der Waals surface area contributed by atoms with E-state index in [2.05, 4.69) is 56.0 Å². The lowest BCUT2D eigenvalue weighted by Gasteiger charge is -2.15. The Labute approximate surface area is 244 Å². The molecule has 1 unspecified atom stereocenters. The van der Waals surface area contributed by atoms with Crippen molar-refractivity contribution in [3.05, 3.63) is 28.8 Å². The van der Waals surface area contributed by atoms with Crippen LogP contribution in [0.15, 0.2) is 12.1 Å². The van der Waals surface area contributed by atoms with E-state index in [9.17, 15) is 0 Å². The summed E-state index contributed by atoms with van der Waals surface area (Å²) in [7, 11) is 2.58. The van der Waals surface area contributed by atoms with Gasteiger partial charge in [0.2, 0.25) is 0 Å². The molecule has 200 valence electrons. The van der Waals surface area contributed by atoms with Gasteiger partial charge in [0.25, 0.3) is 0 Å². The average molecular weight is 739 g/mol. The molecule has 1 aromatic rings. The van der Waals surface area contributed by atoms with Gasteiger partial charge in [0.1, 0.15) is 5.75 Å². The highest BCUT2D eigenvalue weighted by molar-refractivity contribution is 8.93. The van der Waals surface area contributed by atoms with Crippen molar-refractivity contribution in [2.24, 2.45) is 0 Å². The summed E-state index contributed by atoms with van der Waals surface area (Å²) in [6.07, 6.45) is 16.3. The number of rotatable bonds is 13. The average Bonchev–Trinajstić information content (AvgIpc) is 2.62. The van der Waals surface area contributed by atoms with Crippen LogP contribution in [0.4, 0.5) is 0 Å². The van der Waals surface area contributed by atoms with E-state index in [0.717, 1.165) is 12.4 Å². The molecule has 5 N–H and O–H groups in total. The van der Waals surface area contributed by atoms with E-state index in [0.29, 0.717) is 0 Å². The Hall–Kier alpha value is 1.29. The van der Waals surface area contributed by atoms with Gasteiger partial charge < -0.3 is 16.4 Å². The molecule has 1 aromatic carbocycles. The van der Waals surface area contributed by atoms with E-state index < -0.39 is 0 Å². The molecule has 8 heteroatoms. The Morgan fingerprint density at radius 1 is 0.719 bits per heavy atom. The van der Waals surface area contributed by atoms with Crippen molar-refractivity contribution in [1.29, 1.82) is 0 Å². The first kappa shape index (κ1) is 50.2. The first-order chi connectivity index (χ1) is 12.6. The third-order valence-corrected chi connectivity index (χ3v) is 4.91. The number of benzene rings is 1. The molecule has 0 bridgehead atoms. The Kier molecular flexibility index (Phi) is 57.8. The predicted molar refractivity (Wildman–Crippen MR) is 173 cm³/mol. The fraction of sp³-hybridized carbons (Fsp3) is 0.750. The zero-order valence-corrected chi connectivity index (χ0v) is 29.2. The number of unbranched alkanes of at least 4 members (excludes halogenated alkanes) is 9. The third-order valence-electron chi connectivity index (χ3n) is 4.91. The van der Waals surface area contributed by atoms with Crippen molar-refractivity contribution in [2.75, 3.05) is 12.8 Å². The van der Waals surface area contributed by atoms with Gasteiger partial charge in [0.15, 0.2) is 0 Å². The largest absolute Gasteiger partial charge is 0.494 e. The molecular formula is C24H54Br4NO2P. The molecule has 0 heterocycles. The maximum Gasteiger partial charge on any atom is 0.122 e. The van der Waals surface area contributed by atoms with Gasteiger partial charge in [0, 0.05) is 0 Å². The highest BCUT2D eigenvalue weighted by atomic mass is 79.9. The summed E-state index contributed by atoms with van der Waals surface area (Å²) < 4.78 is 5.82. The van der Waals surface area contributed by atoms with Gasteiger partial charge in [-0.2, -0.15) is 0 Å². The van der Waals surface area contributed by atoms with Gasteiger partial charge in [-0.3, -0.25) is 0 Å². The second-order valence-electron chi connectivity index (χ2n) is 7.26. The zero-order chi connectivity index (χ0) is 19.6. The maximum atomic E-state index is 5.82. The molecule has 0 fully saturated rings. The number of aryl methyl sites for hydroxylation is 1. The summed E-state index contributed by atoms with van der Waals surface area (Å²) in [6.45, 7) is 11.6. The molecule has 0 saturated heterocycles. The van der Waals surface area contributed by atoms with Gasteiger partial charge >= 0.3 is 0 Å². The molecule has 0 aromatic heterocycles. The maximum absolute atomic E-state index is 5.82. The van der Waals surface area contributed by atoms with Gasteiger partial charge in [-0.15, -0.1) is 77.2 Å². The summed E-state index contributed by atoms with van der Waals surface area (Å²) in [5.74, 6) is 1.10. The lowest BCUT2D eigenvalue weighted by atomic mass is 9.97. The molecule has 0 aliphatic heterocycles. The van der Waals surface area contributed by atoms with Crippen LogP contribution in [0.2, 0.25) is 0 Å². The summed E-state index contributed by atoms with van der Waals surface area (Å²) in [6, 6.07) is 4.33. The summed E-state index contributed by atoms with van der Waals surface area (Å²) in [5.41, 5.74) is 4.24. The molecule has 0 amide bonds. The SMILES string of the molecule is Br.Br.Br.Br.CCCCCCCCCCCCc1c(OCC)ccc(C)c1C.CCP.N.O. The summed E-state index contributed by atoms with van der Waals surface area (Å²) in [5, 5.41) is 0. The second-order valence-corrected chi connectivity index (χ2v) is 8.07. The van der Waals surface area contributed by atoms with Crippen LogP contribution >= 0.6 is 77.2 Å². The highest BCUT2D eigenvalue weighted by Crippen LogP contribution is 2.27. The molecule has 1 rings (SSSR count). The van der Waals surface area contributed by atoms with Crippen molar-refractivity contribution < 1.29 is 10.2 Å². The molecule has 3 nitrogen and oxygen atoms in total. The topological polar surface area (TPSA) is 75.7 Å². The van der Waals surface area contributed by atoms with Crippen LogP contribution in [0.5, 0.6) is 5.75 Å². The number of halogens is 4. The lowest BCUT2D eigenvalue weighted by molar-refractivity contribution is 0.335. The van der Waals surface area contributed by atoms with Crippen molar-refractivity contribution in [2.45, 2.75) is 105 Å². The number of hydrogen-bond donors (Lipinski definition) is 1. The van der Waals surface area contributed by atoms with E-state index in [-0.39, 0.29) is 79.6 Å². The summed E-state index contributed by atoms with van der Waals surface area (Å²) in [4.78, 5) is 0. The van der Waals surface area contributed by atoms with Crippen molar-refractivity contribution in [1.82, 2.24) is 6.15 Å². The van der Waals surface area contributed by atoms with Crippen LogP contribution in [0, 0.1) is 13.8 Å². The van der Waals surface area contributed by atoms with E-state index in [1.807, 2.05) is 0 Å². The van der Waals surface area contributed by atoms with Gasteiger partial charge in [0.05, 0.1) is 6.61 Å². The minimum absolute atomic E-state index is 0. The molecular weight excluding hydrogens is 685 g/mol. The van der Waals surface area contributed by atoms with Crippen LogP contribution in [-0.4, -0.2) is 18.2 Å². The Morgan fingerprint density at radius 3 is 1.53 bits per heavy atom. The zero-order valence-electron chi connectivity index (χ0n) is 21.2. The first-order valence-electron chi connectivity index (χ1n) is 11.0. The molecule has 0 aliphatic carbocycles. The van der Waals surface area contributed by atoms with Crippen LogP contribution in [0.25, 0.3) is 0 Å². The van der Waals surface area contributed by atoms with Crippen molar-refractivity contribution in [3.63, 3.8) is 0 Å². The van der Waals surface area contributed by atoms with Crippen LogP contribution in [0.1, 0.15) is 102 Å². The van der Waals surface area contributed by atoms with Gasteiger partial charge in [-0.05, 0) is 62.5 Å². The van der Waals surface area contributed by atoms with Crippen molar-refractivity contribution >= 4 is 77.2 Å². The predicted octanol–water partition coefficient (Wildman–Crippen LogP) is 9.70. The fourth-order valence-corrected chi connectivity index (χ4v) is 3.24. The summed E-state index contributed by atoms with van der Waals surface area (Å²) >= 11 is 0. The van der Waals surface area contributed by atoms with Crippen LogP contribution in [0.3, 0.4) is 0 Å². The van der Waals surface area contributed by atoms with Crippen LogP contribution < -0.4 is 10.9 Å². The minimum Gasteiger partial charge on any atom is -0.494 e. The monoisotopic (exact) mass is 735 g/mol. The third kappa shape index (κ3) is 25.9. The number of hydrogen-bond acceptors (Lipinski definition) is 2. The molecule has 1 atom stereocenters. The van der Waals surface area contributed by atoms with Gasteiger partial charge in [-0.1, -0.05) is 77.7 Å². The van der Waals surface area contributed by atoms with E-state index in [1.165, 1.54) is 93.5 Å². The molecule has 0 aliphatic rings. The quantitative estimate of drug-likeness (QED) is 0.162. The second kappa shape index (κ2) is 36.9. The Morgan fingerprint density at radius 2 is 1.12 bits per heavy atom. The smallest absolute Gasteiger partial charge is 0.122 e. The minimum atomic E-state index is 0. The Bertz CT molecular complexity index is 470. The van der Waals surface area contributed by atoms with Gasteiger partial charge in [-0.25, -0.2) is 0 Å². The number of ether oxygens (including phenoxy) is 1. The standard InChI is InChI=1S/C22H38O.C2H7P.4BrH.H3N.H2O/c1-5-7-8-9-10-11-12-13-14-15-16-21-20(4)19(3)17-18-22(21)23-6-2;1-2-3;;;;;;/h17-18H,5-16H2,1-4H3;2-3H2,1H3;4*1H;1H3;1H2. The molecule has 0 spiro atoms. The molecule has 0 saturated carbocycles. The molecule has 0 radical (unpaired) electrons. The fourth-order valence-electron chi connectivity index (χ4n) is 3.24. The highest BCUT2D eigenvalue weighted by Gasteiger charge is 2.08. The van der Waals surface area contributed by atoms with E-state index in [1.54, 1.807) is 0 Å². The van der Waals surface area contributed by atoms with E-state index >= 15 is 0 Å². The van der Waals surface area contributed by atoms with Crippen LogP contribution in [-0.2, 0) is 6.42 Å². The Balaban J connectivity index is -0.000000131. The normalized spacial score (nSPS) is 8.44. The lowest BCUT2D eigenvalue weighted by Crippen LogP contribution is -2.01. The van der Waals surface area contributed by atoms with E-state index in [4.69, 9.17) is 4.74 Å². The molecule has 32 heavy (non-hydrogen) atoms. The first-order valence-corrected chi connectivity index (χ1v) is 11.9. The van der Waals surface area contributed by atoms with Crippen molar-refractivity contribution in [3.8, 4) is 5.75 Å².